The van der Waals surface area contributed by atoms with Crippen molar-refractivity contribution in [1.29, 1.82) is 0 Å². The lowest BCUT2D eigenvalue weighted by Crippen LogP contribution is -3.05. The number of rotatable bonds is 7. The third kappa shape index (κ3) is 5.77. The number of benzene rings is 1. The highest BCUT2D eigenvalue weighted by atomic mass is 32.2. The van der Waals surface area contributed by atoms with Gasteiger partial charge in [0.15, 0.2) is 11.0 Å². The zero-order chi connectivity index (χ0) is 20.8. The van der Waals surface area contributed by atoms with Crippen LogP contribution in [0.1, 0.15) is 32.6 Å². The lowest BCUT2D eigenvalue weighted by Gasteiger charge is -2.18. The van der Waals surface area contributed by atoms with E-state index in [9.17, 15) is 14.0 Å². The van der Waals surface area contributed by atoms with E-state index in [4.69, 9.17) is 0 Å². The summed E-state index contributed by atoms with van der Waals surface area (Å²) in [5, 5.41) is 13.9. The van der Waals surface area contributed by atoms with Crippen molar-refractivity contribution in [2.24, 2.45) is 0 Å². The van der Waals surface area contributed by atoms with Crippen LogP contribution in [0.3, 0.4) is 0 Å². The van der Waals surface area contributed by atoms with Gasteiger partial charge in [0.25, 0.3) is 0 Å². The monoisotopic (exact) mass is 409 g/mol. The minimum Gasteiger partial charge on any atom is -0.336 e. The minimum atomic E-state index is -0.536. The summed E-state index contributed by atoms with van der Waals surface area (Å²) in [5.74, 6) is -0.0836. The molecule has 8 nitrogen and oxygen atoms in total. The summed E-state index contributed by atoms with van der Waals surface area (Å²) in [5.41, 5.74) is 0.704. The molecule has 0 fully saturated rings. The molecule has 2 rings (SSSR count). The molecule has 2 aromatic rings. The van der Waals surface area contributed by atoms with Crippen LogP contribution in [0.25, 0.3) is 5.69 Å². The lowest BCUT2D eigenvalue weighted by molar-refractivity contribution is -0.890. The van der Waals surface area contributed by atoms with Crippen molar-refractivity contribution in [2.45, 2.75) is 38.0 Å². The topological polar surface area (TPSA) is 93.3 Å². The second-order valence-corrected chi connectivity index (χ2v) is 7.86. The number of urea groups is 1. The van der Waals surface area contributed by atoms with Gasteiger partial charge in [0.1, 0.15) is 11.9 Å². The summed E-state index contributed by atoms with van der Waals surface area (Å²) in [4.78, 5) is 24.8. The van der Waals surface area contributed by atoms with E-state index in [-0.39, 0.29) is 23.7 Å². The van der Waals surface area contributed by atoms with Gasteiger partial charge in [0.2, 0.25) is 5.91 Å². The van der Waals surface area contributed by atoms with Crippen LogP contribution in [-0.2, 0) is 4.79 Å². The molecule has 0 radical (unpaired) electrons. The predicted molar refractivity (Wildman–Crippen MR) is 105 cm³/mol. The maximum absolute atomic E-state index is 13.3. The highest BCUT2D eigenvalue weighted by Crippen LogP contribution is 2.24. The molecule has 0 bridgehead atoms. The molecule has 1 heterocycles. The van der Waals surface area contributed by atoms with Crippen LogP contribution in [0.4, 0.5) is 9.18 Å². The second kappa shape index (κ2) is 9.65. The number of imide groups is 1. The third-order valence-corrected chi connectivity index (χ3v) is 4.93. The molecule has 3 amide bonds. The molecule has 0 saturated heterocycles. The summed E-state index contributed by atoms with van der Waals surface area (Å²) in [6.45, 7) is 5.62. The predicted octanol–water partition coefficient (Wildman–Crippen LogP) is 0.938. The Bertz CT molecular complexity index is 822. The molecule has 0 unspecified atom stereocenters. The van der Waals surface area contributed by atoms with Gasteiger partial charge in [0.05, 0.1) is 19.8 Å². The van der Waals surface area contributed by atoms with Gasteiger partial charge in [-0.15, -0.1) is 10.2 Å². The maximum atomic E-state index is 13.3. The van der Waals surface area contributed by atoms with Crippen molar-refractivity contribution in [3.8, 4) is 5.69 Å². The molecule has 0 aliphatic rings. The molecule has 28 heavy (non-hydrogen) atoms. The molecule has 152 valence electrons. The zero-order valence-corrected chi connectivity index (χ0v) is 17.4. The summed E-state index contributed by atoms with van der Waals surface area (Å²) < 4.78 is 15.2. The van der Waals surface area contributed by atoms with Crippen molar-refractivity contribution in [3.05, 3.63) is 35.9 Å². The Balaban J connectivity index is 2.21. The summed E-state index contributed by atoms with van der Waals surface area (Å²) in [6.07, 6.45) is 0. The maximum Gasteiger partial charge on any atom is 0.321 e. The average Bonchev–Trinajstić information content (AvgIpc) is 3.02. The molecule has 1 atom stereocenters. The highest BCUT2D eigenvalue weighted by molar-refractivity contribution is 7.99. The fourth-order valence-corrected chi connectivity index (χ4v) is 3.10. The van der Waals surface area contributed by atoms with Crippen LogP contribution < -0.4 is 15.5 Å². The van der Waals surface area contributed by atoms with Crippen molar-refractivity contribution in [2.75, 3.05) is 19.8 Å². The number of hydrogen-bond donors (Lipinski definition) is 3. The van der Waals surface area contributed by atoms with Gasteiger partial charge in [-0.2, -0.15) is 0 Å². The number of hydrogen-bond acceptors (Lipinski definition) is 5. The molecule has 3 N–H and O–H groups in total. The first-order valence-electron chi connectivity index (χ1n) is 8.93. The lowest BCUT2D eigenvalue weighted by atomic mass is 10.2. The SMILES string of the molecule is CC(C)NC(=O)NC(=O)CSc1nnc([C@@H](C)[NH+](C)C)n1-c1ccc(F)cc1. The Morgan fingerprint density at radius 1 is 1.18 bits per heavy atom. The van der Waals surface area contributed by atoms with Gasteiger partial charge in [-0.1, -0.05) is 11.8 Å². The van der Waals surface area contributed by atoms with Gasteiger partial charge >= 0.3 is 6.03 Å². The van der Waals surface area contributed by atoms with Gasteiger partial charge < -0.3 is 10.2 Å². The Kier molecular flexibility index (Phi) is 7.53. The molecule has 1 aromatic heterocycles. The number of quaternary nitrogens is 1. The van der Waals surface area contributed by atoms with Crippen molar-refractivity contribution in [1.82, 2.24) is 25.4 Å². The van der Waals surface area contributed by atoms with Gasteiger partial charge in [0, 0.05) is 11.7 Å². The Labute approximate surface area is 167 Å². The van der Waals surface area contributed by atoms with E-state index in [1.165, 1.54) is 12.1 Å². The summed E-state index contributed by atoms with van der Waals surface area (Å²) >= 11 is 1.16. The number of carbonyl (C=O) groups excluding carboxylic acids is 2. The van der Waals surface area contributed by atoms with E-state index in [1.807, 2.05) is 25.6 Å². The Morgan fingerprint density at radius 2 is 1.82 bits per heavy atom. The van der Waals surface area contributed by atoms with E-state index in [0.717, 1.165) is 16.7 Å². The molecular weight excluding hydrogens is 383 g/mol. The first kappa shape index (κ1) is 21.8. The number of carbonyl (C=O) groups is 2. The standard InChI is InChI=1S/C18H25FN6O2S/c1-11(2)20-17(27)21-15(26)10-28-18-23-22-16(12(3)24(4)5)25(18)14-8-6-13(19)7-9-14/h6-9,11-12H,10H2,1-5H3,(H2,20,21,26,27)/p+1/t12-/m1/s1. The Hall–Kier alpha value is -2.46. The van der Waals surface area contributed by atoms with Crippen molar-refractivity contribution in [3.63, 3.8) is 0 Å². The number of nitrogens with zero attached hydrogens (tertiary/aromatic N) is 3. The average molecular weight is 410 g/mol. The van der Waals surface area contributed by atoms with Crippen molar-refractivity contribution < 1.29 is 18.9 Å². The van der Waals surface area contributed by atoms with Crippen LogP contribution in [0.15, 0.2) is 29.4 Å². The number of thioether (sulfide) groups is 1. The van der Waals surface area contributed by atoms with E-state index < -0.39 is 11.9 Å². The van der Waals surface area contributed by atoms with Crippen LogP contribution >= 0.6 is 11.8 Å². The fraction of sp³-hybridized carbons (Fsp3) is 0.444. The first-order chi connectivity index (χ1) is 13.2. The van der Waals surface area contributed by atoms with Crippen LogP contribution in [0, 0.1) is 5.82 Å². The van der Waals surface area contributed by atoms with Crippen molar-refractivity contribution >= 4 is 23.7 Å². The van der Waals surface area contributed by atoms with E-state index in [1.54, 1.807) is 26.0 Å². The van der Waals surface area contributed by atoms with Gasteiger partial charge in [-0.3, -0.25) is 14.7 Å². The molecule has 0 aliphatic heterocycles. The number of amides is 3. The highest BCUT2D eigenvalue weighted by Gasteiger charge is 2.24. The normalized spacial score (nSPS) is 12.3. The molecule has 0 aliphatic carbocycles. The smallest absolute Gasteiger partial charge is 0.321 e. The van der Waals surface area contributed by atoms with Crippen LogP contribution in [0.5, 0.6) is 0 Å². The Morgan fingerprint density at radius 3 is 2.39 bits per heavy atom. The quantitative estimate of drug-likeness (QED) is 0.592. The zero-order valence-electron chi connectivity index (χ0n) is 16.6. The summed E-state index contributed by atoms with van der Waals surface area (Å²) in [7, 11) is 4.00. The molecular formula is C18H26FN6O2S+. The van der Waals surface area contributed by atoms with Gasteiger partial charge in [-0.05, 0) is 45.0 Å². The van der Waals surface area contributed by atoms with E-state index in [2.05, 4.69) is 20.8 Å². The van der Waals surface area contributed by atoms with E-state index in [0.29, 0.717) is 16.7 Å². The second-order valence-electron chi connectivity index (χ2n) is 6.92. The number of nitrogens with one attached hydrogen (secondary N) is 3. The molecule has 1 aromatic carbocycles. The van der Waals surface area contributed by atoms with E-state index >= 15 is 0 Å². The first-order valence-corrected chi connectivity index (χ1v) is 9.92. The van der Waals surface area contributed by atoms with Crippen LogP contribution in [0.2, 0.25) is 0 Å². The largest absolute Gasteiger partial charge is 0.336 e. The molecule has 10 heteroatoms. The fourth-order valence-electron chi connectivity index (χ4n) is 2.34. The molecule has 0 spiro atoms. The third-order valence-electron chi connectivity index (χ3n) is 4.00. The summed E-state index contributed by atoms with van der Waals surface area (Å²) in [6, 6.07) is 5.43. The number of halogens is 1. The van der Waals surface area contributed by atoms with Crippen LogP contribution in [-0.4, -0.2) is 52.6 Å². The molecule has 0 saturated carbocycles. The van der Waals surface area contributed by atoms with Gasteiger partial charge in [-0.25, -0.2) is 9.18 Å². The number of aromatic nitrogens is 3. The minimum absolute atomic E-state index is 0.00591.